The van der Waals surface area contributed by atoms with E-state index in [4.69, 9.17) is 4.84 Å². The number of hydrogen-bond acceptors (Lipinski definition) is 3. The van der Waals surface area contributed by atoms with E-state index in [-0.39, 0.29) is 5.69 Å². The lowest BCUT2D eigenvalue weighted by atomic mass is 10.3. The smallest absolute Gasteiger partial charge is 0.367 e. The fraction of sp³-hybridized carbons (Fsp3) is 0.143. The first-order chi connectivity index (χ1) is 9.33. The largest absolute Gasteiger partial charge is 0.409 e. The van der Waals surface area contributed by atoms with Crippen LogP contribution in [0, 0.1) is 0 Å². The fourth-order valence-corrected chi connectivity index (χ4v) is 2.08. The van der Waals surface area contributed by atoms with Crippen molar-refractivity contribution in [3.05, 3.63) is 59.1 Å². The van der Waals surface area contributed by atoms with Crippen molar-refractivity contribution in [1.29, 1.82) is 0 Å². The van der Waals surface area contributed by atoms with Crippen LogP contribution in [0.15, 0.2) is 53.5 Å². The Bertz CT molecular complexity index is 759. The fourth-order valence-electron chi connectivity index (χ4n) is 2.08. The van der Waals surface area contributed by atoms with Gasteiger partial charge < -0.3 is 4.84 Å². The number of pyridine rings is 1. The molecule has 0 bridgehead atoms. The van der Waals surface area contributed by atoms with Crippen LogP contribution >= 0.6 is 0 Å². The molecule has 0 saturated carbocycles. The molecule has 96 valence electrons. The van der Waals surface area contributed by atoms with E-state index < -0.39 is 0 Å². The van der Waals surface area contributed by atoms with Gasteiger partial charge in [0.15, 0.2) is 0 Å². The molecule has 2 heterocycles. The summed E-state index contributed by atoms with van der Waals surface area (Å²) in [6, 6.07) is 13.0. The Kier molecular flexibility index (Phi) is 2.79. The predicted octanol–water partition coefficient (Wildman–Crippen LogP) is 1.64. The van der Waals surface area contributed by atoms with Crippen molar-refractivity contribution in [3.8, 4) is 5.82 Å². The van der Waals surface area contributed by atoms with Crippen molar-refractivity contribution >= 4 is 11.0 Å². The highest BCUT2D eigenvalue weighted by molar-refractivity contribution is 5.77. The third kappa shape index (κ3) is 1.79. The second-order valence-corrected chi connectivity index (χ2v) is 4.01. The Balaban J connectivity index is 2.37. The van der Waals surface area contributed by atoms with Gasteiger partial charge in [0.2, 0.25) is 0 Å². The lowest BCUT2D eigenvalue weighted by molar-refractivity contribution is 0.122. The van der Waals surface area contributed by atoms with Crippen LogP contribution in [0.2, 0.25) is 0 Å². The van der Waals surface area contributed by atoms with Crippen LogP contribution in [0.25, 0.3) is 16.9 Å². The van der Waals surface area contributed by atoms with Crippen LogP contribution in [0.5, 0.6) is 0 Å². The van der Waals surface area contributed by atoms with Crippen LogP contribution < -0.4 is 10.5 Å². The molecule has 0 fully saturated rings. The summed E-state index contributed by atoms with van der Waals surface area (Å²) in [7, 11) is 0. The standard InChI is InChI=1S/C14H13N3O2/c1-2-19-17-12-8-4-3-7-11(12)16(14(17)18)13-9-5-6-10-15-13/h3-10H,2H2,1H3. The summed E-state index contributed by atoms with van der Waals surface area (Å²) >= 11 is 0. The molecule has 1 aromatic carbocycles. The first-order valence-corrected chi connectivity index (χ1v) is 6.10. The third-order valence-corrected chi connectivity index (χ3v) is 2.84. The van der Waals surface area contributed by atoms with Crippen molar-refractivity contribution in [2.24, 2.45) is 0 Å². The maximum Gasteiger partial charge on any atom is 0.367 e. The van der Waals surface area contributed by atoms with Crippen molar-refractivity contribution in [3.63, 3.8) is 0 Å². The molecule has 0 amide bonds. The molecule has 19 heavy (non-hydrogen) atoms. The number of para-hydroxylation sites is 2. The van der Waals surface area contributed by atoms with Crippen molar-refractivity contribution in [2.75, 3.05) is 6.61 Å². The van der Waals surface area contributed by atoms with Gasteiger partial charge in [0.1, 0.15) is 17.9 Å². The monoisotopic (exact) mass is 255 g/mol. The Morgan fingerprint density at radius 1 is 1.11 bits per heavy atom. The zero-order chi connectivity index (χ0) is 13.2. The molecule has 0 aliphatic carbocycles. The van der Waals surface area contributed by atoms with Crippen molar-refractivity contribution in [1.82, 2.24) is 14.3 Å². The van der Waals surface area contributed by atoms with Crippen LogP contribution in [0.1, 0.15) is 6.92 Å². The molecule has 0 aliphatic rings. The van der Waals surface area contributed by atoms with E-state index >= 15 is 0 Å². The number of imidazole rings is 1. The Hall–Kier alpha value is -2.56. The highest BCUT2D eigenvalue weighted by Crippen LogP contribution is 2.15. The first-order valence-electron chi connectivity index (χ1n) is 6.10. The van der Waals surface area contributed by atoms with E-state index in [2.05, 4.69) is 4.98 Å². The van der Waals surface area contributed by atoms with Gasteiger partial charge in [0.25, 0.3) is 0 Å². The highest BCUT2D eigenvalue weighted by atomic mass is 16.7. The molecule has 0 saturated heterocycles. The van der Waals surface area contributed by atoms with Gasteiger partial charge in [-0.2, -0.15) is 0 Å². The summed E-state index contributed by atoms with van der Waals surface area (Å²) in [6.07, 6.45) is 1.66. The molecule has 5 heteroatoms. The lowest BCUT2D eigenvalue weighted by Gasteiger charge is -2.01. The van der Waals surface area contributed by atoms with Crippen molar-refractivity contribution < 1.29 is 4.84 Å². The van der Waals surface area contributed by atoms with E-state index in [1.807, 2.05) is 43.3 Å². The Morgan fingerprint density at radius 2 is 1.84 bits per heavy atom. The van der Waals surface area contributed by atoms with Gasteiger partial charge in [-0.25, -0.2) is 14.3 Å². The van der Waals surface area contributed by atoms with E-state index in [0.29, 0.717) is 12.4 Å². The maximum atomic E-state index is 12.4. The molecule has 0 atom stereocenters. The van der Waals surface area contributed by atoms with Crippen LogP contribution in [-0.4, -0.2) is 20.9 Å². The molecule has 0 aliphatic heterocycles. The molecular formula is C14H13N3O2. The van der Waals surface area contributed by atoms with E-state index in [0.717, 1.165) is 11.0 Å². The normalized spacial score (nSPS) is 10.8. The van der Waals surface area contributed by atoms with Crippen LogP contribution in [0.4, 0.5) is 0 Å². The van der Waals surface area contributed by atoms with Crippen LogP contribution in [-0.2, 0) is 0 Å². The van der Waals surface area contributed by atoms with Gasteiger partial charge in [0.05, 0.1) is 5.52 Å². The molecule has 0 N–H and O–H groups in total. The SMILES string of the molecule is CCOn1c(=O)n(-c2ccccn2)c2ccccc21. The lowest BCUT2D eigenvalue weighted by Crippen LogP contribution is -2.28. The van der Waals surface area contributed by atoms with E-state index in [9.17, 15) is 4.79 Å². The maximum absolute atomic E-state index is 12.4. The second kappa shape index (κ2) is 4.61. The summed E-state index contributed by atoms with van der Waals surface area (Å²) < 4.78 is 2.86. The highest BCUT2D eigenvalue weighted by Gasteiger charge is 2.15. The molecule has 3 rings (SSSR count). The number of rotatable bonds is 3. The summed E-state index contributed by atoms with van der Waals surface area (Å²) in [5.41, 5.74) is 1.27. The minimum absolute atomic E-state index is 0.248. The number of aromatic nitrogens is 3. The molecule has 0 radical (unpaired) electrons. The van der Waals surface area contributed by atoms with Gasteiger partial charge in [-0.3, -0.25) is 0 Å². The first kappa shape index (κ1) is 11.5. The molecule has 2 aromatic heterocycles. The summed E-state index contributed by atoms with van der Waals surface area (Å²) in [4.78, 5) is 22.1. The van der Waals surface area contributed by atoms with E-state index in [1.54, 1.807) is 16.8 Å². The Labute approximate surface area is 109 Å². The minimum Gasteiger partial charge on any atom is -0.409 e. The van der Waals surface area contributed by atoms with Crippen molar-refractivity contribution in [2.45, 2.75) is 6.92 Å². The molecule has 3 aromatic rings. The van der Waals surface area contributed by atoms with Gasteiger partial charge in [0, 0.05) is 6.20 Å². The van der Waals surface area contributed by atoms with Gasteiger partial charge in [-0.05, 0) is 31.2 Å². The van der Waals surface area contributed by atoms with E-state index in [1.165, 1.54) is 4.73 Å². The second-order valence-electron chi connectivity index (χ2n) is 4.01. The molecule has 5 nitrogen and oxygen atoms in total. The summed E-state index contributed by atoms with van der Waals surface area (Å²) in [5.74, 6) is 0.585. The molecular weight excluding hydrogens is 242 g/mol. The Morgan fingerprint density at radius 3 is 2.53 bits per heavy atom. The topological polar surface area (TPSA) is 49.0 Å². The zero-order valence-electron chi connectivity index (χ0n) is 10.5. The van der Waals surface area contributed by atoms with Gasteiger partial charge >= 0.3 is 5.69 Å². The van der Waals surface area contributed by atoms with Crippen LogP contribution in [0.3, 0.4) is 0 Å². The average molecular weight is 255 g/mol. The number of hydrogen-bond donors (Lipinski definition) is 0. The van der Waals surface area contributed by atoms with Gasteiger partial charge in [-0.15, -0.1) is 4.73 Å². The average Bonchev–Trinajstić information content (AvgIpc) is 2.73. The van der Waals surface area contributed by atoms with Gasteiger partial charge in [-0.1, -0.05) is 18.2 Å². The predicted molar refractivity (Wildman–Crippen MR) is 72.5 cm³/mol. The summed E-state index contributed by atoms with van der Waals surface area (Å²) in [5, 5.41) is 0. The minimum atomic E-state index is -0.248. The number of nitrogens with zero attached hydrogens (tertiary/aromatic N) is 3. The number of fused-ring (bicyclic) bond motifs is 1. The zero-order valence-corrected chi connectivity index (χ0v) is 10.5. The third-order valence-electron chi connectivity index (χ3n) is 2.84. The molecule has 0 unspecified atom stereocenters. The summed E-state index contributed by atoms with van der Waals surface area (Å²) in [6.45, 7) is 2.27. The quantitative estimate of drug-likeness (QED) is 0.714. The molecule has 0 spiro atoms. The number of benzene rings is 1.